The molecule has 0 bridgehead atoms. The molecule has 1 heterocycles. The van der Waals surface area contributed by atoms with Crippen LogP contribution in [0.2, 0.25) is 0 Å². The van der Waals surface area contributed by atoms with Gasteiger partial charge in [0, 0.05) is 5.54 Å². The molecule has 0 amide bonds. The number of nitrogens with one attached hydrogen (secondary N) is 3. The lowest BCUT2D eigenvalue weighted by Gasteiger charge is -2.27. The van der Waals surface area contributed by atoms with E-state index < -0.39 is 15.7 Å². The highest BCUT2D eigenvalue weighted by Crippen LogP contribution is 2.06. The lowest BCUT2D eigenvalue weighted by Crippen LogP contribution is -2.54. The largest absolute Gasteiger partial charge is 0.301 e. The van der Waals surface area contributed by atoms with Crippen LogP contribution in [-0.4, -0.2) is 26.7 Å². The molecule has 15 heavy (non-hydrogen) atoms. The van der Waals surface area contributed by atoms with E-state index in [1.165, 1.54) is 0 Å². The Bertz CT molecular complexity index is 289. The van der Waals surface area contributed by atoms with Crippen LogP contribution in [0.1, 0.15) is 40.0 Å². The van der Waals surface area contributed by atoms with E-state index in [1.54, 1.807) is 0 Å². The topological polar surface area (TPSA) is 70.2 Å². The average Bonchev–Trinajstić information content (AvgIpc) is 1.99. The molecule has 3 N–H and O–H groups in total. The first kappa shape index (κ1) is 12.9. The maximum absolute atomic E-state index is 11.7. The van der Waals surface area contributed by atoms with Crippen LogP contribution in [-0.2, 0) is 10.2 Å². The highest BCUT2D eigenvalue weighted by Gasteiger charge is 2.23. The lowest BCUT2D eigenvalue weighted by molar-refractivity contribution is 0.376. The molecule has 0 aliphatic carbocycles. The van der Waals surface area contributed by atoms with Crippen molar-refractivity contribution < 1.29 is 8.42 Å². The third-order valence-electron chi connectivity index (χ3n) is 2.05. The number of piperidine rings is 1. The van der Waals surface area contributed by atoms with E-state index in [2.05, 4.69) is 14.8 Å². The lowest BCUT2D eigenvalue weighted by atomic mass is 10.1. The van der Waals surface area contributed by atoms with Crippen molar-refractivity contribution in [3.8, 4) is 0 Å². The summed E-state index contributed by atoms with van der Waals surface area (Å²) in [5.74, 6) is 0. The molecule has 1 saturated heterocycles. The van der Waals surface area contributed by atoms with Crippen LogP contribution in [0.5, 0.6) is 0 Å². The zero-order valence-electron chi connectivity index (χ0n) is 9.63. The van der Waals surface area contributed by atoms with Gasteiger partial charge in [-0.15, -0.1) is 0 Å². The molecular weight excluding hydrogens is 214 g/mol. The van der Waals surface area contributed by atoms with E-state index in [9.17, 15) is 8.42 Å². The molecule has 5 nitrogen and oxygen atoms in total. The third kappa shape index (κ3) is 5.46. The molecule has 0 aromatic carbocycles. The van der Waals surface area contributed by atoms with E-state index >= 15 is 0 Å². The summed E-state index contributed by atoms with van der Waals surface area (Å²) in [5.41, 5.74) is -0.444. The molecule has 0 saturated carbocycles. The van der Waals surface area contributed by atoms with Crippen LogP contribution in [0, 0.1) is 0 Å². The maximum atomic E-state index is 11.7. The van der Waals surface area contributed by atoms with Crippen molar-refractivity contribution in [2.24, 2.45) is 0 Å². The van der Waals surface area contributed by atoms with Crippen LogP contribution >= 0.6 is 0 Å². The minimum Gasteiger partial charge on any atom is -0.301 e. The Labute approximate surface area is 92.2 Å². The summed E-state index contributed by atoms with van der Waals surface area (Å²) in [6.45, 7) is 6.34. The number of hydrogen-bond acceptors (Lipinski definition) is 3. The first-order valence-corrected chi connectivity index (χ1v) is 6.81. The molecule has 1 aliphatic rings. The number of rotatable bonds is 3. The molecule has 1 aliphatic heterocycles. The number of hydrogen-bond donors (Lipinski definition) is 3. The van der Waals surface area contributed by atoms with Gasteiger partial charge >= 0.3 is 0 Å². The van der Waals surface area contributed by atoms with Gasteiger partial charge in [0.05, 0.1) is 6.17 Å². The fourth-order valence-electron chi connectivity index (χ4n) is 1.57. The Morgan fingerprint density at radius 3 is 2.40 bits per heavy atom. The molecule has 0 aromatic heterocycles. The summed E-state index contributed by atoms with van der Waals surface area (Å²) in [7, 11) is -3.40. The predicted molar refractivity (Wildman–Crippen MR) is 60.6 cm³/mol. The minimum atomic E-state index is -3.40. The zero-order chi connectivity index (χ0) is 11.5. The Balaban J connectivity index is 2.48. The van der Waals surface area contributed by atoms with Crippen LogP contribution in [0.3, 0.4) is 0 Å². The summed E-state index contributed by atoms with van der Waals surface area (Å²) in [5, 5.41) is 3.13. The normalized spacial score (nSPS) is 24.1. The van der Waals surface area contributed by atoms with E-state index in [-0.39, 0.29) is 6.17 Å². The highest BCUT2D eigenvalue weighted by atomic mass is 32.2. The van der Waals surface area contributed by atoms with Gasteiger partial charge in [0.1, 0.15) is 0 Å². The molecule has 1 rings (SSSR count). The van der Waals surface area contributed by atoms with E-state index in [0.717, 1.165) is 25.8 Å². The highest BCUT2D eigenvalue weighted by molar-refractivity contribution is 7.87. The van der Waals surface area contributed by atoms with Crippen molar-refractivity contribution >= 4 is 10.2 Å². The third-order valence-corrected chi connectivity index (χ3v) is 3.52. The molecule has 1 fully saturated rings. The molecular formula is C9H21N3O2S. The van der Waals surface area contributed by atoms with E-state index in [4.69, 9.17) is 0 Å². The summed E-state index contributed by atoms with van der Waals surface area (Å²) in [4.78, 5) is 0. The second kappa shape index (κ2) is 4.78. The first-order chi connectivity index (χ1) is 6.79. The second-order valence-electron chi connectivity index (χ2n) is 4.98. The second-order valence-corrected chi connectivity index (χ2v) is 6.42. The van der Waals surface area contributed by atoms with Crippen molar-refractivity contribution in [1.82, 2.24) is 14.8 Å². The van der Waals surface area contributed by atoms with Gasteiger partial charge in [0.15, 0.2) is 0 Å². The Kier molecular flexibility index (Phi) is 4.11. The Morgan fingerprint density at radius 1 is 1.27 bits per heavy atom. The fourth-order valence-corrected chi connectivity index (χ4v) is 3.01. The monoisotopic (exact) mass is 235 g/mol. The zero-order valence-corrected chi connectivity index (χ0v) is 10.4. The van der Waals surface area contributed by atoms with Gasteiger partial charge in [-0.05, 0) is 46.6 Å². The van der Waals surface area contributed by atoms with Crippen molar-refractivity contribution in [3.05, 3.63) is 0 Å². The van der Waals surface area contributed by atoms with Crippen LogP contribution in [0.4, 0.5) is 0 Å². The van der Waals surface area contributed by atoms with Gasteiger partial charge in [-0.2, -0.15) is 17.9 Å². The van der Waals surface area contributed by atoms with Crippen molar-refractivity contribution in [2.45, 2.75) is 51.7 Å². The molecule has 0 spiro atoms. The SMILES string of the molecule is CC(C)(C)NS(=O)(=O)NC1CCCCN1. The summed E-state index contributed by atoms with van der Waals surface area (Å²) < 4.78 is 28.5. The molecule has 6 heteroatoms. The fraction of sp³-hybridized carbons (Fsp3) is 1.00. The van der Waals surface area contributed by atoms with Crippen LogP contribution in [0.15, 0.2) is 0 Å². The van der Waals surface area contributed by atoms with Gasteiger partial charge in [-0.1, -0.05) is 0 Å². The van der Waals surface area contributed by atoms with Gasteiger partial charge in [0.25, 0.3) is 10.2 Å². The standard InChI is InChI=1S/C9H21N3O2S/c1-9(2,3)12-15(13,14)11-8-6-4-5-7-10-8/h8,10-12H,4-7H2,1-3H3. The van der Waals surface area contributed by atoms with Crippen LogP contribution in [0.25, 0.3) is 0 Å². The Hall–Kier alpha value is -0.170. The Morgan fingerprint density at radius 2 is 1.93 bits per heavy atom. The van der Waals surface area contributed by atoms with Crippen molar-refractivity contribution in [1.29, 1.82) is 0 Å². The van der Waals surface area contributed by atoms with Crippen molar-refractivity contribution in [3.63, 3.8) is 0 Å². The van der Waals surface area contributed by atoms with E-state index in [1.807, 2.05) is 20.8 Å². The molecule has 1 unspecified atom stereocenters. The molecule has 1 atom stereocenters. The predicted octanol–water partition coefficient (Wildman–Crippen LogP) is 0.309. The van der Waals surface area contributed by atoms with Gasteiger partial charge < -0.3 is 5.32 Å². The molecule has 0 aromatic rings. The summed E-state index contributed by atoms with van der Waals surface area (Å²) in [6, 6.07) is 0. The van der Waals surface area contributed by atoms with Crippen LogP contribution < -0.4 is 14.8 Å². The molecule has 90 valence electrons. The van der Waals surface area contributed by atoms with Gasteiger partial charge in [-0.3, -0.25) is 0 Å². The first-order valence-electron chi connectivity index (χ1n) is 5.33. The summed E-state index contributed by atoms with van der Waals surface area (Å²) in [6.07, 6.45) is 2.91. The minimum absolute atomic E-state index is 0.126. The quantitative estimate of drug-likeness (QED) is 0.659. The van der Waals surface area contributed by atoms with E-state index in [0.29, 0.717) is 0 Å². The van der Waals surface area contributed by atoms with Gasteiger partial charge in [-0.25, -0.2) is 0 Å². The average molecular weight is 235 g/mol. The summed E-state index contributed by atoms with van der Waals surface area (Å²) >= 11 is 0. The smallest absolute Gasteiger partial charge is 0.278 e. The maximum Gasteiger partial charge on any atom is 0.278 e. The molecule has 0 radical (unpaired) electrons. The van der Waals surface area contributed by atoms with Crippen molar-refractivity contribution in [2.75, 3.05) is 6.54 Å². The van der Waals surface area contributed by atoms with Gasteiger partial charge in [0.2, 0.25) is 0 Å².